The van der Waals surface area contributed by atoms with Crippen molar-refractivity contribution in [1.82, 2.24) is 9.91 Å². The molecule has 0 N–H and O–H groups in total. The number of furan rings is 1. The fourth-order valence-electron chi connectivity index (χ4n) is 4.22. The van der Waals surface area contributed by atoms with Crippen LogP contribution in [-0.4, -0.2) is 51.9 Å². The number of carbonyl (C=O) groups is 3. The van der Waals surface area contributed by atoms with Gasteiger partial charge in [-0.25, -0.2) is 5.01 Å². The van der Waals surface area contributed by atoms with Crippen LogP contribution in [-0.2, 0) is 4.79 Å². The van der Waals surface area contributed by atoms with E-state index in [4.69, 9.17) is 9.15 Å². The first kappa shape index (κ1) is 22.0. The minimum absolute atomic E-state index is 0.108. The van der Waals surface area contributed by atoms with Crippen molar-refractivity contribution in [2.24, 2.45) is 5.10 Å². The Balaban J connectivity index is 1.44. The van der Waals surface area contributed by atoms with Gasteiger partial charge in [0.25, 0.3) is 23.4 Å². The molecule has 0 saturated carbocycles. The third kappa shape index (κ3) is 3.72. The predicted molar refractivity (Wildman–Crippen MR) is 121 cm³/mol. The molecular formula is C24H18N4O7. The summed E-state index contributed by atoms with van der Waals surface area (Å²) in [6.45, 7) is -0.625. The van der Waals surface area contributed by atoms with Crippen LogP contribution < -0.4 is 4.74 Å². The van der Waals surface area contributed by atoms with Crippen LogP contribution in [0.1, 0.15) is 44.5 Å². The lowest BCUT2D eigenvalue weighted by molar-refractivity contribution is -0.385. The van der Waals surface area contributed by atoms with Gasteiger partial charge in [0.1, 0.15) is 29.7 Å². The maximum Gasteiger partial charge on any atom is 0.282 e. The van der Waals surface area contributed by atoms with Crippen LogP contribution in [0.5, 0.6) is 5.75 Å². The molecule has 0 aliphatic carbocycles. The van der Waals surface area contributed by atoms with E-state index in [9.17, 15) is 24.5 Å². The van der Waals surface area contributed by atoms with Gasteiger partial charge in [0.2, 0.25) is 0 Å². The normalized spacial score (nSPS) is 16.9. The van der Waals surface area contributed by atoms with E-state index < -0.39 is 40.9 Å². The summed E-state index contributed by atoms with van der Waals surface area (Å²) >= 11 is 0. The number of fused-ring (bicyclic) bond motifs is 1. The summed E-state index contributed by atoms with van der Waals surface area (Å²) in [4.78, 5) is 50.4. The number of amides is 3. The Morgan fingerprint density at radius 2 is 1.91 bits per heavy atom. The Morgan fingerprint density at radius 1 is 1.14 bits per heavy atom. The van der Waals surface area contributed by atoms with Gasteiger partial charge in [-0.1, -0.05) is 6.07 Å². The lowest BCUT2D eigenvalue weighted by atomic mass is 10.0. The zero-order chi connectivity index (χ0) is 24.7. The lowest BCUT2D eigenvalue weighted by Gasteiger charge is -2.22. The number of imide groups is 1. The number of ether oxygens (including phenoxy) is 1. The molecule has 2 aliphatic heterocycles. The van der Waals surface area contributed by atoms with Gasteiger partial charge in [0.15, 0.2) is 0 Å². The van der Waals surface area contributed by atoms with E-state index >= 15 is 0 Å². The highest BCUT2D eigenvalue weighted by atomic mass is 16.6. The van der Waals surface area contributed by atoms with Gasteiger partial charge in [-0.15, -0.1) is 0 Å². The van der Waals surface area contributed by atoms with Crippen molar-refractivity contribution >= 4 is 29.1 Å². The molecule has 3 amide bonds. The fraction of sp³-hybridized carbons (Fsp3) is 0.167. The minimum Gasteiger partial charge on any atom is -0.497 e. The molecule has 1 unspecified atom stereocenters. The molecule has 2 aliphatic rings. The van der Waals surface area contributed by atoms with Crippen LogP contribution in [0.2, 0.25) is 0 Å². The second-order valence-electron chi connectivity index (χ2n) is 7.90. The number of hydrazone groups is 1. The Hall–Kier alpha value is -4.80. The third-order valence-electron chi connectivity index (χ3n) is 5.93. The van der Waals surface area contributed by atoms with Crippen LogP contribution in [0.3, 0.4) is 0 Å². The van der Waals surface area contributed by atoms with Crippen molar-refractivity contribution in [3.05, 3.63) is 93.4 Å². The average Bonchev–Trinajstić information content (AvgIpc) is 3.60. The van der Waals surface area contributed by atoms with Crippen molar-refractivity contribution in [1.29, 1.82) is 0 Å². The van der Waals surface area contributed by atoms with Crippen LogP contribution in [0.15, 0.2) is 70.4 Å². The zero-order valence-electron chi connectivity index (χ0n) is 18.4. The first-order valence-electron chi connectivity index (χ1n) is 10.6. The number of benzene rings is 2. The van der Waals surface area contributed by atoms with E-state index in [2.05, 4.69) is 5.10 Å². The number of hydrogen-bond acceptors (Lipinski definition) is 8. The van der Waals surface area contributed by atoms with Gasteiger partial charge in [0.05, 0.1) is 29.6 Å². The number of nitro groups is 1. The van der Waals surface area contributed by atoms with Crippen molar-refractivity contribution < 1.29 is 28.5 Å². The maximum atomic E-state index is 13.3. The monoisotopic (exact) mass is 474 g/mol. The molecule has 1 atom stereocenters. The number of nitro benzene ring substituents is 1. The van der Waals surface area contributed by atoms with Crippen molar-refractivity contribution in [2.45, 2.75) is 12.5 Å². The summed E-state index contributed by atoms with van der Waals surface area (Å²) in [5, 5.41) is 17.0. The van der Waals surface area contributed by atoms with Gasteiger partial charge in [-0.3, -0.25) is 29.4 Å². The van der Waals surface area contributed by atoms with Gasteiger partial charge in [0, 0.05) is 12.5 Å². The molecule has 0 saturated heterocycles. The summed E-state index contributed by atoms with van der Waals surface area (Å²) in [5.74, 6) is -1.13. The quantitative estimate of drug-likeness (QED) is 0.304. The summed E-state index contributed by atoms with van der Waals surface area (Å²) in [6, 6.07) is 13.8. The highest BCUT2D eigenvalue weighted by Gasteiger charge is 2.44. The molecule has 2 aromatic carbocycles. The van der Waals surface area contributed by atoms with E-state index in [1.807, 2.05) is 12.1 Å². The third-order valence-corrected chi connectivity index (χ3v) is 5.93. The Bertz CT molecular complexity index is 1380. The van der Waals surface area contributed by atoms with Gasteiger partial charge in [-0.2, -0.15) is 5.10 Å². The average molecular weight is 474 g/mol. The Morgan fingerprint density at radius 3 is 2.57 bits per heavy atom. The van der Waals surface area contributed by atoms with E-state index in [-0.39, 0.29) is 11.1 Å². The summed E-state index contributed by atoms with van der Waals surface area (Å²) in [7, 11) is 1.56. The van der Waals surface area contributed by atoms with Gasteiger partial charge in [-0.05, 0) is 48.0 Å². The molecule has 11 heteroatoms. The topological polar surface area (TPSA) is 136 Å². The highest BCUT2D eigenvalue weighted by molar-refractivity contribution is 6.24. The second-order valence-corrected chi connectivity index (χ2v) is 7.90. The molecule has 5 rings (SSSR count). The van der Waals surface area contributed by atoms with Crippen molar-refractivity contribution in [2.75, 3.05) is 13.7 Å². The molecule has 3 heterocycles. The number of methoxy groups -OCH3 is 1. The molecule has 11 nitrogen and oxygen atoms in total. The smallest absolute Gasteiger partial charge is 0.282 e. The summed E-state index contributed by atoms with van der Waals surface area (Å²) < 4.78 is 10.7. The number of nitrogens with zero attached hydrogens (tertiary/aromatic N) is 4. The first-order valence-corrected chi connectivity index (χ1v) is 10.6. The van der Waals surface area contributed by atoms with E-state index in [0.29, 0.717) is 28.5 Å². The standard InChI is InChI=1S/C24H18N4O7/c1-34-15-9-7-14(8-10-15)17-12-19(20-6-3-11-35-20)27(25-17)21(29)13-26-23(30)16-4-2-5-18(28(32)33)22(16)24(26)31/h2-11,19H,12-13H2,1H3. The first-order chi connectivity index (χ1) is 16.9. The Labute approximate surface area is 198 Å². The summed E-state index contributed by atoms with van der Waals surface area (Å²) in [5.41, 5.74) is 0.477. The molecule has 35 heavy (non-hydrogen) atoms. The molecule has 176 valence electrons. The fourth-order valence-corrected chi connectivity index (χ4v) is 4.22. The van der Waals surface area contributed by atoms with Crippen molar-refractivity contribution in [3.8, 4) is 5.75 Å². The van der Waals surface area contributed by atoms with Gasteiger partial charge >= 0.3 is 0 Å². The lowest BCUT2D eigenvalue weighted by Crippen LogP contribution is -2.41. The summed E-state index contributed by atoms with van der Waals surface area (Å²) in [6.07, 6.45) is 1.83. The van der Waals surface area contributed by atoms with Crippen LogP contribution in [0.25, 0.3) is 0 Å². The van der Waals surface area contributed by atoms with Crippen LogP contribution in [0.4, 0.5) is 5.69 Å². The molecule has 0 radical (unpaired) electrons. The molecule has 3 aromatic rings. The molecule has 0 spiro atoms. The number of rotatable bonds is 6. The SMILES string of the molecule is COc1ccc(C2=NN(C(=O)CN3C(=O)c4cccc([N+](=O)[O-])c4C3=O)C(c3ccco3)C2)cc1. The zero-order valence-corrected chi connectivity index (χ0v) is 18.4. The largest absolute Gasteiger partial charge is 0.497 e. The molecular weight excluding hydrogens is 456 g/mol. The second kappa shape index (κ2) is 8.52. The van der Waals surface area contributed by atoms with E-state index in [0.717, 1.165) is 11.6 Å². The van der Waals surface area contributed by atoms with Crippen LogP contribution in [0, 0.1) is 10.1 Å². The molecule has 0 fully saturated rings. The van der Waals surface area contributed by atoms with Gasteiger partial charge < -0.3 is 9.15 Å². The number of hydrogen-bond donors (Lipinski definition) is 0. The molecule has 1 aromatic heterocycles. The van der Waals surface area contributed by atoms with Crippen LogP contribution >= 0.6 is 0 Å². The van der Waals surface area contributed by atoms with E-state index in [1.54, 1.807) is 31.4 Å². The highest BCUT2D eigenvalue weighted by Crippen LogP contribution is 2.35. The van der Waals surface area contributed by atoms with E-state index in [1.165, 1.54) is 23.4 Å². The Kier molecular flexibility index (Phi) is 5.36. The van der Waals surface area contributed by atoms with Crippen molar-refractivity contribution in [3.63, 3.8) is 0 Å². The molecule has 0 bridgehead atoms. The minimum atomic E-state index is -0.890. The predicted octanol–water partition coefficient (Wildman–Crippen LogP) is 3.17. The maximum absolute atomic E-state index is 13.3. The number of carbonyl (C=O) groups excluding carboxylic acids is 3.